The van der Waals surface area contributed by atoms with Crippen molar-refractivity contribution in [3.63, 3.8) is 0 Å². The van der Waals surface area contributed by atoms with Crippen molar-refractivity contribution in [3.8, 4) is 0 Å². The van der Waals surface area contributed by atoms with Crippen LogP contribution >= 0.6 is 0 Å². The highest BCUT2D eigenvalue weighted by Gasteiger charge is 2.28. The Morgan fingerprint density at radius 2 is 1.84 bits per heavy atom. The fourth-order valence-corrected chi connectivity index (χ4v) is 5.62. The molecule has 1 aliphatic rings. The smallest absolute Gasteiger partial charge is 0.236 e. The van der Waals surface area contributed by atoms with Gasteiger partial charge in [-0.1, -0.05) is 36.4 Å². The SMILES string of the molecule is Cc1ccc(N2CCCS2(=O)=O)cc1NS(=O)(=O)Cc1ccccc1. The minimum absolute atomic E-state index is 0.121. The molecule has 134 valence electrons. The van der Waals surface area contributed by atoms with Gasteiger partial charge in [-0.3, -0.25) is 9.03 Å². The monoisotopic (exact) mass is 380 g/mol. The molecule has 2 aromatic rings. The van der Waals surface area contributed by atoms with Gasteiger partial charge in [0, 0.05) is 6.54 Å². The third kappa shape index (κ3) is 4.13. The second-order valence-corrected chi connectivity index (χ2v) is 9.82. The van der Waals surface area contributed by atoms with E-state index >= 15 is 0 Å². The lowest BCUT2D eigenvalue weighted by molar-refractivity contribution is 0.598. The van der Waals surface area contributed by atoms with Crippen LogP contribution in [0.15, 0.2) is 48.5 Å². The average Bonchev–Trinajstić information content (AvgIpc) is 2.89. The van der Waals surface area contributed by atoms with Crippen molar-refractivity contribution in [3.05, 3.63) is 59.7 Å². The van der Waals surface area contributed by atoms with Gasteiger partial charge in [0.15, 0.2) is 0 Å². The Labute approximate surface area is 148 Å². The van der Waals surface area contributed by atoms with E-state index in [1.54, 1.807) is 49.4 Å². The van der Waals surface area contributed by atoms with E-state index in [9.17, 15) is 16.8 Å². The lowest BCUT2D eigenvalue weighted by Crippen LogP contribution is -2.25. The lowest BCUT2D eigenvalue weighted by atomic mass is 10.2. The van der Waals surface area contributed by atoms with E-state index in [0.717, 1.165) is 5.56 Å². The van der Waals surface area contributed by atoms with Gasteiger partial charge in [-0.05, 0) is 36.6 Å². The third-order valence-corrected chi connectivity index (χ3v) is 7.19. The first-order valence-corrected chi connectivity index (χ1v) is 11.2. The first-order chi connectivity index (χ1) is 11.8. The Bertz CT molecular complexity index is 971. The van der Waals surface area contributed by atoms with Crippen LogP contribution in [0.1, 0.15) is 17.5 Å². The maximum Gasteiger partial charge on any atom is 0.236 e. The molecule has 3 rings (SSSR count). The molecular weight excluding hydrogens is 360 g/mol. The Morgan fingerprint density at radius 1 is 1.12 bits per heavy atom. The van der Waals surface area contributed by atoms with Crippen molar-refractivity contribution in [2.75, 3.05) is 21.3 Å². The number of hydrogen-bond donors (Lipinski definition) is 1. The van der Waals surface area contributed by atoms with Crippen molar-refractivity contribution in [1.82, 2.24) is 0 Å². The molecule has 0 saturated carbocycles. The van der Waals surface area contributed by atoms with Crippen molar-refractivity contribution >= 4 is 31.4 Å². The van der Waals surface area contributed by atoms with Gasteiger partial charge in [0.1, 0.15) is 0 Å². The highest BCUT2D eigenvalue weighted by molar-refractivity contribution is 7.93. The first kappa shape index (κ1) is 17.8. The van der Waals surface area contributed by atoms with Crippen LogP contribution in [0.5, 0.6) is 0 Å². The van der Waals surface area contributed by atoms with Crippen LogP contribution in [-0.2, 0) is 25.8 Å². The van der Waals surface area contributed by atoms with E-state index in [4.69, 9.17) is 0 Å². The van der Waals surface area contributed by atoms with Crippen LogP contribution in [0.25, 0.3) is 0 Å². The Morgan fingerprint density at radius 3 is 2.48 bits per heavy atom. The van der Waals surface area contributed by atoms with E-state index in [0.29, 0.717) is 29.9 Å². The summed E-state index contributed by atoms with van der Waals surface area (Å²) in [5, 5.41) is 0. The Balaban J connectivity index is 1.86. The van der Waals surface area contributed by atoms with Gasteiger partial charge < -0.3 is 0 Å². The normalized spacial score (nSPS) is 16.8. The molecule has 0 spiro atoms. The zero-order valence-electron chi connectivity index (χ0n) is 13.8. The summed E-state index contributed by atoms with van der Waals surface area (Å²) < 4.78 is 52.9. The molecular formula is C17H20N2O4S2. The second-order valence-electron chi connectivity index (χ2n) is 6.09. The van der Waals surface area contributed by atoms with Gasteiger partial charge in [0.25, 0.3) is 0 Å². The molecule has 0 radical (unpaired) electrons. The highest BCUT2D eigenvalue weighted by Crippen LogP contribution is 2.29. The number of anilines is 2. The minimum atomic E-state index is -3.60. The van der Waals surface area contributed by atoms with E-state index in [1.807, 2.05) is 6.07 Å². The number of rotatable bonds is 5. The summed E-state index contributed by atoms with van der Waals surface area (Å²) in [4.78, 5) is 0. The molecule has 2 aromatic carbocycles. The first-order valence-electron chi connectivity index (χ1n) is 7.92. The molecule has 1 aliphatic heterocycles. The van der Waals surface area contributed by atoms with E-state index < -0.39 is 20.0 Å². The largest absolute Gasteiger partial charge is 0.283 e. The second kappa shape index (κ2) is 6.68. The molecule has 1 fully saturated rings. The number of nitrogens with one attached hydrogen (secondary N) is 1. The van der Waals surface area contributed by atoms with Gasteiger partial charge >= 0.3 is 0 Å². The van der Waals surface area contributed by atoms with Gasteiger partial charge in [-0.15, -0.1) is 0 Å². The van der Waals surface area contributed by atoms with E-state index in [2.05, 4.69) is 4.72 Å². The molecule has 0 aromatic heterocycles. The van der Waals surface area contributed by atoms with Crippen LogP contribution in [0, 0.1) is 6.92 Å². The van der Waals surface area contributed by atoms with Gasteiger partial charge in [0.2, 0.25) is 20.0 Å². The summed E-state index contributed by atoms with van der Waals surface area (Å²) in [6.45, 7) is 2.20. The zero-order chi connectivity index (χ0) is 18.1. The number of hydrogen-bond acceptors (Lipinski definition) is 4. The van der Waals surface area contributed by atoms with E-state index in [-0.39, 0.29) is 11.5 Å². The number of nitrogens with zero attached hydrogens (tertiary/aromatic N) is 1. The predicted molar refractivity (Wildman–Crippen MR) is 99.6 cm³/mol. The van der Waals surface area contributed by atoms with Crippen molar-refractivity contribution in [2.24, 2.45) is 0 Å². The topological polar surface area (TPSA) is 83.6 Å². The fraction of sp³-hybridized carbons (Fsp3) is 0.294. The fourth-order valence-electron chi connectivity index (χ4n) is 2.80. The summed E-state index contributed by atoms with van der Waals surface area (Å²) in [5.41, 5.74) is 2.30. The number of benzene rings is 2. The van der Waals surface area contributed by atoms with Crippen molar-refractivity contribution in [2.45, 2.75) is 19.1 Å². The number of aryl methyl sites for hydroxylation is 1. The zero-order valence-corrected chi connectivity index (χ0v) is 15.5. The van der Waals surface area contributed by atoms with Gasteiger partial charge in [-0.2, -0.15) is 0 Å². The molecule has 8 heteroatoms. The van der Waals surface area contributed by atoms with Gasteiger partial charge in [-0.25, -0.2) is 16.8 Å². The summed E-state index contributed by atoms with van der Waals surface area (Å²) in [5.74, 6) is -0.0184. The van der Waals surface area contributed by atoms with Crippen molar-refractivity contribution in [1.29, 1.82) is 0 Å². The standard InChI is InChI=1S/C17H20N2O4S2/c1-14-8-9-16(19-10-5-11-25(19,22)23)12-17(14)18-24(20,21)13-15-6-3-2-4-7-15/h2-4,6-9,12,18H,5,10-11,13H2,1H3. The van der Waals surface area contributed by atoms with Crippen LogP contribution in [0.4, 0.5) is 11.4 Å². The maximum atomic E-state index is 12.4. The predicted octanol–water partition coefficient (Wildman–Crippen LogP) is 2.48. The molecule has 1 heterocycles. The maximum absolute atomic E-state index is 12.4. The molecule has 0 aliphatic carbocycles. The Kier molecular flexibility index (Phi) is 4.75. The molecule has 25 heavy (non-hydrogen) atoms. The number of sulfonamides is 2. The quantitative estimate of drug-likeness (QED) is 0.864. The average molecular weight is 380 g/mol. The summed E-state index contributed by atoms with van der Waals surface area (Å²) in [6.07, 6.45) is 0.575. The molecule has 1 saturated heterocycles. The van der Waals surface area contributed by atoms with Crippen LogP contribution < -0.4 is 9.03 Å². The van der Waals surface area contributed by atoms with Crippen LogP contribution in [0.3, 0.4) is 0 Å². The minimum Gasteiger partial charge on any atom is -0.283 e. The summed E-state index contributed by atoms with van der Waals surface area (Å²) in [6, 6.07) is 13.9. The van der Waals surface area contributed by atoms with Crippen LogP contribution in [0.2, 0.25) is 0 Å². The summed E-state index contributed by atoms with van der Waals surface area (Å²) >= 11 is 0. The molecule has 6 nitrogen and oxygen atoms in total. The van der Waals surface area contributed by atoms with Gasteiger partial charge in [0.05, 0.1) is 22.9 Å². The van der Waals surface area contributed by atoms with E-state index in [1.165, 1.54) is 4.31 Å². The Hall–Kier alpha value is -2.06. The lowest BCUT2D eigenvalue weighted by Gasteiger charge is -2.19. The van der Waals surface area contributed by atoms with Crippen LogP contribution in [-0.4, -0.2) is 29.1 Å². The van der Waals surface area contributed by atoms with Crippen molar-refractivity contribution < 1.29 is 16.8 Å². The molecule has 0 atom stereocenters. The molecule has 0 amide bonds. The highest BCUT2D eigenvalue weighted by atomic mass is 32.2. The molecule has 0 unspecified atom stereocenters. The third-order valence-electron chi connectivity index (χ3n) is 4.07. The summed E-state index contributed by atoms with van der Waals surface area (Å²) in [7, 11) is -6.90. The molecule has 1 N–H and O–H groups in total. The molecule has 0 bridgehead atoms.